The molecular formula is C70H71F2N17O19S3. The number of urea groups is 3. The molecule has 0 saturated carbocycles. The number of anilines is 6. The SMILES string of the molecule is CC(=O)NC[C@H]1CN(c2noc3c(F)c4c(cc23)CC2(C(=O)NC(=O)NC2=O)[C@H]2[C@H](C)O[C@H](C)CN42)C(=O)S1.CC[C@@H]1CN(c2noc3c(F)c4c(cc23)CC2(C(=O)NC(=O)NC2=O)[C@H]2[C@H](C)O[C@H](C)CN42)C(=O)S1.C[C@@H]1CN2c3c(cc4c(N5C[C@H](C)SC5=O)noc4c3C#N)CC3(C(=O)NC(=O)NC3=O)[C@H]2[C@H](C)O1. The third kappa shape index (κ3) is 11.5. The molecule has 3 aromatic carbocycles. The number of hydrogen-bond donors (Lipinski definition) is 7. The molecule has 9 saturated heterocycles. The number of nitrogens with zero attached hydrogens (tertiary/aromatic N) is 10. The van der Waals surface area contributed by atoms with Crippen LogP contribution in [0.15, 0.2) is 31.8 Å². The first kappa shape index (κ1) is 74.5. The van der Waals surface area contributed by atoms with Crippen molar-refractivity contribution in [2.75, 3.05) is 75.2 Å². The Hall–Kier alpha value is -10.5. The van der Waals surface area contributed by atoms with E-state index < -0.39 is 118 Å². The van der Waals surface area contributed by atoms with E-state index in [4.69, 9.17) is 27.8 Å². The van der Waals surface area contributed by atoms with Crippen LogP contribution in [-0.4, -0.2) is 207 Å². The van der Waals surface area contributed by atoms with Crippen LogP contribution in [0.2, 0.25) is 0 Å². The molecule has 582 valence electrons. The second kappa shape index (κ2) is 27.1. The summed E-state index contributed by atoms with van der Waals surface area (Å²) in [6.45, 7) is 18.0. The topological polar surface area (TPSA) is 455 Å². The maximum atomic E-state index is 16.2. The summed E-state index contributed by atoms with van der Waals surface area (Å²) in [5.41, 5.74) is -2.84. The van der Waals surface area contributed by atoms with E-state index in [9.17, 15) is 67.6 Å². The fourth-order valence-corrected chi connectivity index (χ4v) is 21.1. The van der Waals surface area contributed by atoms with Crippen LogP contribution in [0.5, 0.6) is 0 Å². The van der Waals surface area contributed by atoms with Gasteiger partial charge in [-0.15, -0.1) is 0 Å². The van der Waals surface area contributed by atoms with Crippen LogP contribution in [0.25, 0.3) is 32.9 Å². The Bertz CT molecular complexity index is 5160. The number of fused-ring (bicyclic) bond motifs is 15. The summed E-state index contributed by atoms with van der Waals surface area (Å²) >= 11 is 3.41. The van der Waals surface area contributed by atoms with E-state index in [1.165, 1.54) is 45.1 Å². The zero-order chi connectivity index (χ0) is 78.8. The average Bonchev–Trinajstić information content (AvgIpc) is 1.59. The van der Waals surface area contributed by atoms with E-state index in [1.54, 1.807) is 55.7 Å². The summed E-state index contributed by atoms with van der Waals surface area (Å²) in [5, 5.41) is 38.5. The fourth-order valence-electron chi connectivity index (χ4n) is 18.3. The normalized spacial score (nSPS) is 28.8. The average molecular weight is 1590 g/mol. The number of aromatic nitrogens is 3. The number of morpholine rings is 3. The van der Waals surface area contributed by atoms with Crippen LogP contribution in [0, 0.1) is 39.2 Å². The lowest BCUT2D eigenvalue weighted by atomic mass is 9.66. The molecule has 3 spiro atoms. The molecule has 12 aliphatic rings. The first-order valence-corrected chi connectivity index (χ1v) is 38.5. The second-order valence-corrected chi connectivity index (χ2v) is 33.6. The van der Waals surface area contributed by atoms with Crippen molar-refractivity contribution in [1.82, 2.24) is 52.7 Å². The molecule has 9 fully saturated rings. The molecule has 0 bridgehead atoms. The highest BCUT2D eigenvalue weighted by Crippen LogP contribution is 2.55. The third-order valence-corrected chi connectivity index (χ3v) is 25.8. The van der Waals surface area contributed by atoms with Gasteiger partial charge in [0.05, 0.1) is 88.0 Å². The summed E-state index contributed by atoms with van der Waals surface area (Å²) < 4.78 is 66.8. The summed E-state index contributed by atoms with van der Waals surface area (Å²) in [6.07, 6.45) is -2.47. The Morgan fingerprint density at radius 3 is 1.19 bits per heavy atom. The van der Waals surface area contributed by atoms with E-state index in [2.05, 4.69) is 58.8 Å². The number of rotatable bonds is 6. The van der Waals surface area contributed by atoms with Crippen molar-refractivity contribution in [3.05, 3.63) is 52.1 Å². The molecule has 36 nitrogen and oxygen atoms in total. The van der Waals surface area contributed by atoms with Gasteiger partial charge in [0.25, 0.3) is 15.7 Å². The van der Waals surface area contributed by atoms with Gasteiger partial charge in [0.2, 0.25) is 52.5 Å². The van der Waals surface area contributed by atoms with E-state index in [1.807, 2.05) is 32.6 Å². The highest BCUT2D eigenvalue weighted by atomic mass is 32.2. The molecular weight excluding hydrogens is 1520 g/mol. The molecule has 3 aromatic heterocycles. The zero-order valence-corrected chi connectivity index (χ0v) is 63.1. The predicted octanol–water partition coefficient (Wildman–Crippen LogP) is 5.00. The molecule has 0 radical (unpaired) electrons. The van der Waals surface area contributed by atoms with Crippen LogP contribution < -0.4 is 66.6 Å². The molecule has 12 aliphatic heterocycles. The Labute approximate surface area is 639 Å². The Kier molecular flexibility index (Phi) is 18.2. The molecule has 6 aromatic rings. The van der Waals surface area contributed by atoms with Crippen LogP contribution >= 0.6 is 35.3 Å². The lowest BCUT2D eigenvalue weighted by Gasteiger charge is -2.55. The molecule has 111 heavy (non-hydrogen) atoms. The highest BCUT2D eigenvalue weighted by Gasteiger charge is 2.67. The molecule has 0 unspecified atom stereocenters. The molecule has 7 N–H and O–H groups in total. The minimum Gasteiger partial charge on any atom is -0.372 e. The van der Waals surface area contributed by atoms with Crippen molar-refractivity contribution in [3.8, 4) is 6.07 Å². The van der Waals surface area contributed by atoms with Crippen LogP contribution in [0.1, 0.15) is 91.0 Å². The largest absolute Gasteiger partial charge is 0.372 e. The first-order valence-electron chi connectivity index (χ1n) is 35.8. The fraction of sp³-hybridized carbons (Fsp3) is 0.500. The highest BCUT2D eigenvalue weighted by molar-refractivity contribution is 8.15. The summed E-state index contributed by atoms with van der Waals surface area (Å²) in [7, 11) is 0. The van der Waals surface area contributed by atoms with E-state index in [-0.39, 0.29) is 157 Å². The standard InChI is InChI=1S/C24H25FN6O7S.C23H24FN5O6S.C23H22N6O6S/c1-9-7-30-16-12(5-24(18(30)10(2)37-9)20(33)27-22(35)28-21(24)34)4-14-17(15(16)25)38-29-19(14)31-8-13(39-23(31)36)6-26-11(3)32;1-4-12-8-29(22(33)36-12)18-13-5-11-6-23(19(30)25-21(32)26-20(23)31)17-10(3)34-9(2)7-28(17)15(11)14(24)16(13)35-27-18;1-9-7-28-15-12(5-23(17(28)11(3)34-9)19(30)25-21(32)26-20(23)31)4-13-16(14(15)6-24)35-27-18(13)29-8-10(2)36-22(29)33/h4,9-10,13,18H,5-8H2,1-3H3,(H,26,32)(H2,27,28,33,34,35);5,9-10,12,17H,4,6-8H2,1-3H3,(H2,25,26,30,31,32);4,9-11,17H,5,7-8H2,1-3H3,(H2,25,26,30,31,32)/t9-,10+,13+,18-;9-,10+,12-,17-;9-,10+,11+,17-/m111/s1. The van der Waals surface area contributed by atoms with Crippen molar-refractivity contribution < 1.29 is 98.9 Å². The Morgan fingerprint density at radius 1 is 0.505 bits per heavy atom. The van der Waals surface area contributed by atoms with Gasteiger partial charge in [-0.2, -0.15) is 5.26 Å². The van der Waals surface area contributed by atoms with Crippen molar-refractivity contribution in [2.24, 2.45) is 16.2 Å². The van der Waals surface area contributed by atoms with E-state index in [0.29, 0.717) is 53.2 Å². The number of barbiturate groups is 3. The first-order chi connectivity index (χ1) is 52.8. The quantitative estimate of drug-likeness (QED) is 0.108. The van der Waals surface area contributed by atoms with Gasteiger partial charge in [0, 0.05) is 81.3 Å². The number of hydrogen-bond acceptors (Lipinski definition) is 29. The number of thioether (sulfide) groups is 3. The van der Waals surface area contributed by atoms with Crippen molar-refractivity contribution in [2.45, 2.75) is 158 Å². The molecule has 18 rings (SSSR count). The van der Waals surface area contributed by atoms with Crippen molar-refractivity contribution in [1.29, 1.82) is 5.26 Å². The Balaban J connectivity index is 0.000000126. The van der Waals surface area contributed by atoms with Gasteiger partial charge in [-0.05, 0) is 89.3 Å². The van der Waals surface area contributed by atoms with Gasteiger partial charge < -0.3 is 47.8 Å². The number of ether oxygens (including phenoxy) is 3. The number of carbonyl (C=O) groups is 13. The minimum absolute atomic E-state index is 0.0600. The molecule has 15 heterocycles. The number of nitrogens with one attached hydrogen (secondary N) is 7. The molecule has 16 amide bonds. The van der Waals surface area contributed by atoms with Crippen molar-refractivity contribution in [3.63, 3.8) is 0 Å². The van der Waals surface area contributed by atoms with Gasteiger partial charge in [0.1, 0.15) is 11.6 Å². The van der Waals surface area contributed by atoms with Gasteiger partial charge in [-0.3, -0.25) is 94.5 Å². The monoisotopic (exact) mass is 1590 g/mol. The summed E-state index contributed by atoms with van der Waals surface area (Å²) in [5.74, 6) is -5.58. The second-order valence-electron chi connectivity index (χ2n) is 29.7. The summed E-state index contributed by atoms with van der Waals surface area (Å²) in [6, 6.07) is 1.92. The maximum absolute atomic E-state index is 16.2. The van der Waals surface area contributed by atoms with Crippen LogP contribution in [0.3, 0.4) is 0 Å². The predicted molar refractivity (Wildman–Crippen MR) is 391 cm³/mol. The Morgan fingerprint density at radius 2 is 0.838 bits per heavy atom. The third-order valence-electron chi connectivity index (χ3n) is 22.5. The zero-order valence-electron chi connectivity index (χ0n) is 60.6. The lowest BCUT2D eigenvalue weighted by Crippen LogP contribution is -2.75. The van der Waals surface area contributed by atoms with Gasteiger partial charge >= 0.3 is 18.1 Å². The molecule has 41 heteroatoms. The van der Waals surface area contributed by atoms with Gasteiger partial charge in [-0.25, -0.2) is 23.2 Å². The summed E-state index contributed by atoms with van der Waals surface area (Å²) in [4.78, 5) is 175. The van der Waals surface area contributed by atoms with Crippen LogP contribution in [0.4, 0.5) is 72.1 Å². The number of halogens is 2. The number of amides is 16. The number of imide groups is 6. The van der Waals surface area contributed by atoms with Gasteiger partial charge in [0.15, 0.2) is 50.9 Å². The molecule has 0 aliphatic carbocycles. The minimum atomic E-state index is -1.78. The number of carbonyl (C=O) groups excluding carboxylic acids is 13. The van der Waals surface area contributed by atoms with Crippen LogP contribution in [-0.2, 0) is 67.0 Å². The smallest absolute Gasteiger partial charge is 0.328 e. The van der Waals surface area contributed by atoms with E-state index in [0.717, 1.165) is 18.2 Å². The maximum Gasteiger partial charge on any atom is 0.328 e. The number of nitriles is 1. The number of benzene rings is 3. The van der Waals surface area contributed by atoms with Crippen molar-refractivity contribution >= 4 is 178 Å². The van der Waals surface area contributed by atoms with E-state index >= 15 is 8.78 Å². The lowest BCUT2D eigenvalue weighted by molar-refractivity contribution is -0.154. The molecule has 12 atom stereocenters. The van der Waals surface area contributed by atoms with Gasteiger partial charge in [-0.1, -0.05) is 64.6 Å².